The molecule has 2 N–H and O–H groups in total. The molecule has 0 amide bonds. The zero-order chi connectivity index (χ0) is 14.5. The third-order valence-corrected chi connectivity index (χ3v) is 4.07. The summed E-state index contributed by atoms with van der Waals surface area (Å²) >= 11 is 0. The number of hydrazine groups is 1. The van der Waals surface area contributed by atoms with E-state index in [-0.39, 0.29) is 0 Å². The van der Waals surface area contributed by atoms with Gasteiger partial charge in [-0.25, -0.2) is 15.0 Å². The number of anilines is 2. The molecule has 1 aromatic rings. The Morgan fingerprint density at radius 2 is 1.80 bits per heavy atom. The Morgan fingerprint density at radius 3 is 2.40 bits per heavy atom. The molecule has 5 heteroatoms. The second kappa shape index (κ2) is 6.88. The van der Waals surface area contributed by atoms with E-state index in [0.717, 1.165) is 24.6 Å². The molecule has 2 atom stereocenters. The van der Waals surface area contributed by atoms with Gasteiger partial charge in [0, 0.05) is 24.2 Å². The number of hydrogen-bond acceptors (Lipinski definition) is 5. The maximum atomic E-state index is 4.45. The molecule has 0 radical (unpaired) electrons. The van der Waals surface area contributed by atoms with E-state index < -0.39 is 0 Å². The summed E-state index contributed by atoms with van der Waals surface area (Å²) in [4.78, 5) is 8.80. The van der Waals surface area contributed by atoms with Crippen LogP contribution in [0.3, 0.4) is 0 Å². The van der Waals surface area contributed by atoms with Crippen molar-refractivity contribution in [2.24, 2.45) is 0 Å². The van der Waals surface area contributed by atoms with Crippen LogP contribution in [-0.4, -0.2) is 33.6 Å². The summed E-state index contributed by atoms with van der Waals surface area (Å²) in [5.41, 5.74) is 4.71. The summed E-state index contributed by atoms with van der Waals surface area (Å²) in [6.07, 6.45) is 6.35. The molecule has 2 unspecified atom stereocenters. The van der Waals surface area contributed by atoms with Gasteiger partial charge in [0.25, 0.3) is 0 Å². The Labute approximate surface area is 122 Å². The van der Waals surface area contributed by atoms with E-state index in [9.17, 15) is 0 Å². The minimum absolute atomic E-state index is 0.543. The van der Waals surface area contributed by atoms with Crippen molar-refractivity contribution >= 4 is 11.6 Å². The summed E-state index contributed by atoms with van der Waals surface area (Å²) in [7, 11) is 0. The zero-order valence-corrected chi connectivity index (χ0v) is 13.1. The van der Waals surface area contributed by atoms with Crippen LogP contribution in [0.2, 0.25) is 0 Å². The van der Waals surface area contributed by atoms with Crippen LogP contribution < -0.4 is 10.7 Å². The first-order valence-electron chi connectivity index (χ1n) is 7.80. The van der Waals surface area contributed by atoms with Gasteiger partial charge < -0.3 is 10.7 Å². The molecule has 1 saturated heterocycles. The fourth-order valence-electron chi connectivity index (χ4n) is 2.93. The van der Waals surface area contributed by atoms with Crippen LogP contribution in [0.1, 0.15) is 52.5 Å². The molecule has 2 rings (SSSR count). The summed E-state index contributed by atoms with van der Waals surface area (Å²) < 4.78 is 0. The highest BCUT2D eigenvalue weighted by molar-refractivity contribution is 5.57. The van der Waals surface area contributed by atoms with Gasteiger partial charge in [-0.15, -0.1) is 0 Å². The van der Waals surface area contributed by atoms with Crippen LogP contribution in [-0.2, 0) is 6.42 Å². The molecular weight excluding hydrogens is 250 g/mol. The van der Waals surface area contributed by atoms with Gasteiger partial charge in [-0.1, -0.05) is 13.3 Å². The molecule has 1 aliphatic heterocycles. The van der Waals surface area contributed by atoms with Gasteiger partial charge in [-0.3, -0.25) is 0 Å². The SMILES string of the molecule is CCNc1ncnc(NN2C(C)CCCC2C)c1CC. The third-order valence-electron chi connectivity index (χ3n) is 4.07. The average molecular weight is 277 g/mol. The Kier molecular flexibility index (Phi) is 5.17. The Balaban J connectivity index is 2.21. The van der Waals surface area contributed by atoms with E-state index in [1.54, 1.807) is 6.33 Å². The normalized spacial score (nSPS) is 23.6. The van der Waals surface area contributed by atoms with Crippen LogP contribution in [0.25, 0.3) is 0 Å². The lowest BCUT2D eigenvalue weighted by Gasteiger charge is -2.39. The maximum absolute atomic E-state index is 4.45. The molecule has 0 aromatic carbocycles. The largest absolute Gasteiger partial charge is 0.370 e. The second-order valence-electron chi connectivity index (χ2n) is 5.58. The first kappa shape index (κ1) is 15.0. The van der Waals surface area contributed by atoms with E-state index in [0.29, 0.717) is 12.1 Å². The number of piperidine rings is 1. The highest BCUT2D eigenvalue weighted by atomic mass is 15.5. The summed E-state index contributed by atoms with van der Waals surface area (Å²) in [6.45, 7) is 9.67. The molecule has 0 spiro atoms. The number of nitrogens with zero attached hydrogens (tertiary/aromatic N) is 3. The molecule has 5 nitrogen and oxygen atoms in total. The molecular formula is C15H27N5. The van der Waals surface area contributed by atoms with E-state index in [1.807, 2.05) is 0 Å². The van der Waals surface area contributed by atoms with Gasteiger partial charge in [-0.05, 0) is 40.0 Å². The fraction of sp³-hybridized carbons (Fsp3) is 0.733. The van der Waals surface area contributed by atoms with Gasteiger partial charge in [0.05, 0.1) is 0 Å². The zero-order valence-electron chi connectivity index (χ0n) is 13.1. The number of hydrogen-bond donors (Lipinski definition) is 2. The highest BCUT2D eigenvalue weighted by Gasteiger charge is 2.25. The quantitative estimate of drug-likeness (QED) is 0.866. The number of aromatic nitrogens is 2. The Bertz CT molecular complexity index is 424. The molecule has 20 heavy (non-hydrogen) atoms. The van der Waals surface area contributed by atoms with Crippen LogP contribution in [0.5, 0.6) is 0 Å². The molecule has 1 aromatic heterocycles. The lowest BCUT2D eigenvalue weighted by atomic mass is 10.00. The van der Waals surface area contributed by atoms with Crippen molar-refractivity contribution in [1.29, 1.82) is 0 Å². The van der Waals surface area contributed by atoms with E-state index >= 15 is 0 Å². The molecule has 0 aliphatic carbocycles. The second-order valence-corrected chi connectivity index (χ2v) is 5.58. The predicted molar refractivity (Wildman–Crippen MR) is 83.8 cm³/mol. The molecule has 0 bridgehead atoms. The minimum atomic E-state index is 0.543. The van der Waals surface area contributed by atoms with Crippen molar-refractivity contribution in [3.8, 4) is 0 Å². The number of nitrogens with one attached hydrogen (secondary N) is 2. The number of rotatable bonds is 5. The lowest BCUT2D eigenvalue weighted by Crippen LogP contribution is -2.47. The summed E-state index contributed by atoms with van der Waals surface area (Å²) in [5.74, 6) is 1.89. The first-order chi connectivity index (χ1) is 9.67. The maximum Gasteiger partial charge on any atom is 0.149 e. The minimum Gasteiger partial charge on any atom is -0.370 e. The molecule has 0 saturated carbocycles. The molecule has 1 aliphatic rings. The molecule has 112 valence electrons. The topological polar surface area (TPSA) is 53.1 Å². The van der Waals surface area contributed by atoms with Crippen LogP contribution in [0, 0.1) is 0 Å². The predicted octanol–water partition coefficient (Wildman–Crippen LogP) is 3.06. The fourth-order valence-corrected chi connectivity index (χ4v) is 2.93. The van der Waals surface area contributed by atoms with E-state index in [1.165, 1.54) is 24.8 Å². The standard InChI is InChI=1S/C15H27N5/c1-5-13-14(16-6-2)17-10-18-15(13)19-20-11(3)8-7-9-12(20)4/h10-12H,5-9H2,1-4H3,(H2,16,17,18,19). The van der Waals surface area contributed by atoms with Gasteiger partial charge in [0.1, 0.15) is 18.0 Å². The van der Waals surface area contributed by atoms with Crippen molar-refractivity contribution in [1.82, 2.24) is 15.0 Å². The highest BCUT2D eigenvalue weighted by Crippen LogP contribution is 2.26. The summed E-state index contributed by atoms with van der Waals surface area (Å²) in [6, 6.07) is 1.09. The summed E-state index contributed by atoms with van der Waals surface area (Å²) in [5, 5.41) is 5.67. The van der Waals surface area contributed by atoms with Crippen molar-refractivity contribution in [2.45, 2.75) is 65.5 Å². The monoisotopic (exact) mass is 277 g/mol. The Morgan fingerprint density at radius 1 is 1.15 bits per heavy atom. The van der Waals surface area contributed by atoms with E-state index in [4.69, 9.17) is 0 Å². The van der Waals surface area contributed by atoms with Crippen LogP contribution >= 0.6 is 0 Å². The van der Waals surface area contributed by atoms with Gasteiger partial charge in [0.2, 0.25) is 0 Å². The molecule has 1 fully saturated rings. The lowest BCUT2D eigenvalue weighted by molar-refractivity contribution is 0.135. The van der Waals surface area contributed by atoms with Crippen molar-refractivity contribution < 1.29 is 0 Å². The van der Waals surface area contributed by atoms with Crippen LogP contribution in [0.15, 0.2) is 6.33 Å². The smallest absolute Gasteiger partial charge is 0.149 e. The van der Waals surface area contributed by atoms with Crippen molar-refractivity contribution in [2.75, 3.05) is 17.3 Å². The van der Waals surface area contributed by atoms with Gasteiger partial charge >= 0.3 is 0 Å². The van der Waals surface area contributed by atoms with Crippen molar-refractivity contribution in [3.63, 3.8) is 0 Å². The van der Waals surface area contributed by atoms with Crippen molar-refractivity contribution in [3.05, 3.63) is 11.9 Å². The Hall–Kier alpha value is -1.36. The van der Waals surface area contributed by atoms with E-state index in [2.05, 4.69) is 53.4 Å². The molecule has 2 heterocycles. The van der Waals surface area contributed by atoms with Gasteiger partial charge in [0.15, 0.2) is 0 Å². The van der Waals surface area contributed by atoms with Gasteiger partial charge in [-0.2, -0.15) is 0 Å². The third kappa shape index (κ3) is 3.20. The first-order valence-corrected chi connectivity index (χ1v) is 7.80. The van der Waals surface area contributed by atoms with Crippen LogP contribution in [0.4, 0.5) is 11.6 Å². The average Bonchev–Trinajstić information content (AvgIpc) is 2.43.